The second-order valence-electron chi connectivity index (χ2n) is 14.6. The molecule has 52 heavy (non-hydrogen) atoms. The second-order valence-corrected chi connectivity index (χ2v) is 18.5. The second kappa shape index (κ2) is 11.7. The first kappa shape index (κ1) is 32.6. The van der Waals surface area contributed by atoms with Crippen molar-refractivity contribution >= 4 is 63.9 Å². The summed E-state index contributed by atoms with van der Waals surface area (Å²) in [6.07, 6.45) is 0. The van der Waals surface area contributed by atoms with E-state index in [-0.39, 0.29) is 0 Å². The number of halogens is 2. The summed E-state index contributed by atoms with van der Waals surface area (Å²) < 4.78 is 5.01. The molecule has 0 radical (unpaired) electrons. The van der Waals surface area contributed by atoms with E-state index in [0.717, 1.165) is 8.95 Å². The first-order chi connectivity index (χ1) is 25.2. The van der Waals surface area contributed by atoms with Gasteiger partial charge in [-0.1, -0.05) is 163 Å². The predicted octanol–water partition coefficient (Wildman–Crippen LogP) is 14.4. The Kier molecular flexibility index (Phi) is 7.34. The van der Waals surface area contributed by atoms with Crippen LogP contribution in [0.5, 0.6) is 0 Å². The lowest BCUT2D eigenvalue weighted by molar-refractivity contribution is 0.773. The first-order valence-electron chi connectivity index (χ1n) is 17.7. The van der Waals surface area contributed by atoms with Gasteiger partial charge in [-0.25, -0.2) is 0 Å². The summed E-state index contributed by atoms with van der Waals surface area (Å²) in [6.45, 7) is 8.74. The van der Waals surface area contributed by atoms with Gasteiger partial charge in [0.05, 0.1) is 20.2 Å². The maximum Gasteiger partial charge on any atom is 0.0736 e. The SMILES string of the molecule is Cc1ccc(C2(c3ccc(C)cc3)c3cc(Br)ccc3-c3sc4c5c(sc4c32)-c2ccc(Br)cc2C5(c2ccc(C)cc2)c2ccc(C)cc2)cc1. The van der Waals surface area contributed by atoms with Gasteiger partial charge in [0.25, 0.3) is 0 Å². The van der Waals surface area contributed by atoms with Gasteiger partial charge < -0.3 is 0 Å². The molecule has 0 aliphatic heterocycles. The number of fused-ring (bicyclic) bond motifs is 9. The lowest BCUT2D eigenvalue weighted by Crippen LogP contribution is -2.29. The van der Waals surface area contributed by atoms with Crippen LogP contribution < -0.4 is 0 Å². The molecule has 8 aromatic rings. The molecule has 0 fully saturated rings. The van der Waals surface area contributed by atoms with Gasteiger partial charge in [-0.3, -0.25) is 0 Å². The Morgan fingerprint density at radius 3 is 0.962 bits per heavy atom. The van der Waals surface area contributed by atoms with Crippen LogP contribution in [0, 0.1) is 27.7 Å². The Morgan fingerprint density at radius 2 is 0.673 bits per heavy atom. The third-order valence-corrected chi connectivity index (χ3v) is 15.1. The van der Waals surface area contributed by atoms with E-state index >= 15 is 0 Å². The zero-order valence-electron chi connectivity index (χ0n) is 29.3. The Bertz CT molecular complexity index is 2430. The van der Waals surface area contributed by atoms with Gasteiger partial charge in [0, 0.05) is 29.8 Å². The van der Waals surface area contributed by atoms with Crippen LogP contribution in [0.1, 0.15) is 66.8 Å². The molecule has 0 saturated heterocycles. The van der Waals surface area contributed by atoms with E-state index in [9.17, 15) is 0 Å². The van der Waals surface area contributed by atoms with Crippen molar-refractivity contribution in [2.45, 2.75) is 38.5 Å². The molecule has 0 nitrogen and oxygen atoms in total. The highest BCUT2D eigenvalue weighted by molar-refractivity contribution is 9.10. The van der Waals surface area contributed by atoms with Crippen molar-refractivity contribution in [3.05, 3.63) is 209 Å². The highest BCUT2D eigenvalue weighted by Gasteiger charge is 2.53. The van der Waals surface area contributed by atoms with Crippen molar-refractivity contribution in [1.29, 1.82) is 0 Å². The van der Waals surface area contributed by atoms with Crippen LogP contribution in [0.25, 0.3) is 30.3 Å². The standard InChI is InChI=1S/C48H34Br2S2/c1-27-5-13-31(14-6-27)47(32-15-7-28(2)8-16-32)39-25-35(49)21-23-37(39)43-41(47)45-46(51-43)42-44(52-45)38-24-22-36(50)26-40(38)48(42,33-17-9-29(3)10-18-33)34-19-11-30(4)12-20-34/h5-26H,1-4H3. The van der Waals surface area contributed by atoms with Gasteiger partial charge in [0.1, 0.15) is 0 Å². The molecule has 10 rings (SSSR count). The van der Waals surface area contributed by atoms with Gasteiger partial charge in [-0.05, 0) is 96.5 Å². The van der Waals surface area contributed by atoms with Crippen molar-refractivity contribution in [1.82, 2.24) is 0 Å². The van der Waals surface area contributed by atoms with Gasteiger partial charge in [-0.15, -0.1) is 22.7 Å². The summed E-state index contributed by atoms with van der Waals surface area (Å²) in [5.41, 5.74) is 17.5. The summed E-state index contributed by atoms with van der Waals surface area (Å²) in [7, 11) is 0. The van der Waals surface area contributed by atoms with E-state index in [1.54, 1.807) is 0 Å². The number of benzene rings is 6. The molecule has 6 aromatic carbocycles. The number of hydrogen-bond donors (Lipinski definition) is 0. The minimum atomic E-state index is -0.481. The van der Waals surface area contributed by atoms with Crippen LogP contribution in [0.15, 0.2) is 142 Å². The van der Waals surface area contributed by atoms with E-state index < -0.39 is 10.8 Å². The third kappa shape index (κ3) is 4.36. The first-order valence-corrected chi connectivity index (χ1v) is 20.9. The Balaban J connectivity index is 1.39. The zero-order valence-corrected chi connectivity index (χ0v) is 34.1. The van der Waals surface area contributed by atoms with Crippen molar-refractivity contribution < 1.29 is 0 Å². The van der Waals surface area contributed by atoms with E-state index in [4.69, 9.17) is 0 Å². The van der Waals surface area contributed by atoms with Crippen LogP contribution in [-0.2, 0) is 10.8 Å². The molecule has 0 spiro atoms. The van der Waals surface area contributed by atoms with E-state index in [0.29, 0.717) is 0 Å². The fourth-order valence-corrected chi connectivity index (χ4v) is 13.0. The quantitative estimate of drug-likeness (QED) is 0.166. The molecule has 2 heterocycles. The van der Waals surface area contributed by atoms with Gasteiger partial charge in [-0.2, -0.15) is 0 Å². The molecule has 252 valence electrons. The van der Waals surface area contributed by atoms with Crippen LogP contribution in [0.2, 0.25) is 0 Å². The maximum atomic E-state index is 3.91. The monoisotopic (exact) mass is 832 g/mol. The van der Waals surface area contributed by atoms with Crippen LogP contribution >= 0.6 is 54.5 Å². The van der Waals surface area contributed by atoms with E-state index in [1.807, 2.05) is 22.7 Å². The number of aryl methyl sites for hydroxylation is 4. The Hall–Kier alpha value is -4.06. The summed E-state index contributed by atoms with van der Waals surface area (Å²) in [5, 5.41) is 0. The molecule has 2 aromatic heterocycles. The molecular weight excluding hydrogens is 800 g/mol. The fraction of sp³-hybridized carbons (Fsp3) is 0.125. The molecule has 0 bridgehead atoms. The Labute approximate surface area is 330 Å². The summed E-state index contributed by atoms with van der Waals surface area (Å²) in [6, 6.07) is 51.1. The topological polar surface area (TPSA) is 0 Å². The van der Waals surface area contributed by atoms with Gasteiger partial charge in [0.15, 0.2) is 0 Å². The average molecular weight is 835 g/mol. The zero-order chi connectivity index (χ0) is 35.5. The highest BCUT2D eigenvalue weighted by atomic mass is 79.9. The molecule has 0 amide bonds. The van der Waals surface area contributed by atoms with Crippen molar-refractivity contribution in [3.63, 3.8) is 0 Å². The normalized spacial score (nSPS) is 14.7. The average Bonchev–Trinajstić information content (AvgIpc) is 3.84. The summed E-state index contributed by atoms with van der Waals surface area (Å²) in [4.78, 5) is 2.76. The largest absolute Gasteiger partial charge is 0.134 e. The maximum absolute atomic E-state index is 3.91. The van der Waals surface area contributed by atoms with Gasteiger partial charge in [0.2, 0.25) is 0 Å². The predicted molar refractivity (Wildman–Crippen MR) is 229 cm³/mol. The van der Waals surface area contributed by atoms with Crippen LogP contribution in [0.4, 0.5) is 0 Å². The molecule has 0 atom stereocenters. The number of thiophene rings is 2. The van der Waals surface area contributed by atoms with E-state index in [2.05, 4.69) is 193 Å². The molecule has 2 aliphatic carbocycles. The highest BCUT2D eigenvalue weighted by Crippen LogP contribution is 2.68. The lowest BCUT2D eigenvalue weighted by atomic mass is 9.66. The molecule has 0 saturated carbocycles. The van der Waals surface area contributed by atoms with Gasteiger partial charge >= 0.3 is 0 Å². The van der Waals surface area contributed by atoms with E-state index in [1.165, 1.54) is 97.0 Å². The van der Waals surface area contributed by atoms with Crippen LogP contribution in [0.3, 0.4) is 0 Å². The fourth-order valence-electron chi connectivity index (χ4n) is 9.06. The molecule has 0 unspecified atom stereocenters. The van der Waals surface area contributed by atoms with Crippen molar-refractivity contribution in [2.75, 3.05) is 0 Å². The molecule has 0 N–H and O–H groups in total. The summed E-state index contributed by atoms with van der Waals surface area (Å²) in [5.74, 6) is 0. The van der Waals surface area contributed by atoms with Crippen LogP contribution in [-0.4, -0.2) is 0 Å². The minimum absolute atomic E-state index is 0.481. The Morgan fingerprint density at radius 1 is 0.385 bits per heavy atom. The summed E-state index contributed by atoms with van der Waals surface area (Å²) >= 11 is 11.8. The lowest BCUT2D eigenvalue weighted by Gasteiger charge is -2.34. The molecular formula is C48H34Br2S2. The third-order valence-electron chi connectivity index (χ3n) is 11.5. The molecule has 4 heteroatoms. The number of hydrogen-bond acceptors (Lipinski definition) is 2. The smallest absolute Gasteiger partial charge is 0.0736 e. The number of rotatable bonds is 4. The minimum Gasteiger partial charge on any atom is -0.134 e. The van der Waals surface area contributed by atoms with Crippen molar-refractivity contribution in [3.8, 4) is 20.9 Å². The molecule has 2 aliphatic rings. The van der Waals surface area contributed by atoms with Crippen molar-refractivity contribution in [2.24, 2.45) is 0 Å².